The molecular weight excluding hydrogens is 412 g/mol. The van der Waals surface area contributed by atoms with Crippen LogP contribution in [0.15, 0.2) is 23.1 Å². The fourth-order valence-electron chi connectivity index (χ4n) is 4.35. The molecule has 2 aliphatic rings. The molecule has 1 amide bonds. The van der Waals surface area contributed by atoms with E-state index in [-0.39, 0.29) is 47.2 Å². The quantitative estimate of drug-likeness (QED) is 0.771. The van der Waals surface area contributed by atoms with Gasteiger partial charge in [0.25, 0.3) is 5.91 Å². The zero-order chi connectivity index (χ0) is 21.3. The smallest absolute Gasteiger partial charge is 0.251 e. The van der Waals surface area contributed by atoms with E-state index in [0.29, 0.717) is 17.4 Å². The van der Waals surface area contributed by atoms with Gasteiger partial charge in [0, 0.05) is 24.7 Å². The van der Waals surface area contributed by atoms with E-state index >= 15 is 0 Å². The van der Waals surface area contributed by atoms with Gasteiger partial charge in [0.1, 0.15) is 4.90 Å². The lowest BCUT2D eigenvalue weighted by Crippen LogP contribution is -2.48. The highest BCUT2D eigenvalue weighted by Crippen LogP contribution is 2.31. The van der Waals surface area contributed by atoms with E-state index in [0.717, 1.165) is 12.8 Å². The maximum atomic E-state index is 13.2. The molecule has 0 aromatic heterocycles. The minimum atomic E-state index is -3.83. The fraction of sp³-hybridized carbons (Fsp3) is 0.667. The highest BCUT2D eigenvalue weighted by atomic mass is 35.5. The number of carbonyl (C=O) groups is 1. The third-order valence-corrected chi connectivity index (χ3v) is 8.53. The average molecular weight is 443 g/mol. The zero-order valence-corrected chi connectivity index (χ0v) is 19.1. The molecule has 1 aliphatic heterocycles. The second kappa shape index (κ2) is 8.92. The number of carbonyl (C=O) groups excluding carboxylic acids is 1. The monoisotopic (exact) mass is 442 g/mol. The van der Waals surface area contributed by atoms with Crippen LogP contribution < -0.4 is 5.32 Å². The van der Waals surface area contributed by atoms with Crippen molar-refractivity contribution in [2.75, 3.05) is 13.1 Å². The van der Waals surface area contributed by atoms with Crippen LogP contribution in [0.3, 0.4) is 0 Å². The second-order valence-electron chi connectivity index (χ2n) is 8.57. The minimum absolute atomic E-state index is 0.0295. The maximum Gasteiger partial charge on any atom is 0.251 e. The van der Waals surface area contributed by atoms with E-state index in [4.69, 9.17) is 16.3 Å². The summed E-state index contributed by atoms with van der Waals surface area (Å²) in [4.78, 5) is 12.8. The number of morpholine rings is 1. The highest BCUT2D eigenvalue weighted by molar-refractivity contribution is 7.89. The van der Waals surface area contributed by atoms with Crippen LogP contribution in [0.4, 0.5) is 0 Å². The molecule has 1 heterocycles. The Balaban J connectivity index is 1.83. The number of hydrogen-bond acceptors (Lipinski definition) is 4. The van der Waals surface area contributed by atoms with Gasteiger partial charge >= 0.3 is 0 Å². The SMILES string of the molecule is CC1CN(S(=O)(=O)c2cc(C(=O)NC3CCCC(C)C3C)ccc2Cl)CC(C)O1. The van der Waals surface area contributed by atoms with Crippen LogP contribution in [0, 0.1) is 11.8 Å². The summed E-state index contributed by atoms with van der Waals surface area (Å²) in [6.07, 6.45) is 2.80. The first-order chi connectivity index (χ1) is 13.6. The van der Waals surface area contributed by atoms with Crippen LogP contribution >= 0.6 is 11.6 Å². The van der Waals surface area contributed by atoms with E-state index in [2.05, 4.69) is 19.2 Å². The topological polar surface area (TPSA) is 75.7 Å². The molecule has 2 fully saturated rings. The molecule has 1 aromatic rings. The van der Waals surface area contributed by atoms with Crippen molar-refractivity contribution >= 4 is 27.5 Å². The molecule has 1 N–H and O–H groups in total. The molecule has 29 heavy (non-hydrogen) atoms. The Morgan fingerprint density at radius 2 is 1.79 bits per heavy atom. The van der Waals surface area contributed by atoms with Gasteiger partial charge in [0.05, 0.1) is 17.2 Å². The lowest BCUT2D eigenvalue weighted by atomic mass is 9.78. The first-order valence-electron chi connectivity index (χ1n) is 10.4. The molecule has 0 radical (unpaired) electrons. The number of nitrogens with one attached hydrogen (secondary N) is 1. The maximum absolute atomic E-state index is 13.2. The van der Waals surface area contributed by atoms with Gasteiger partial charge in [0.15, 0.2) is 0 Å². The molecule has 3 rings (SSSR count). The number of rotatable bonds is 4. The molecule has 1 saturated heterocycles. The molecule has 5 atom stereocenters. The lowest BCUT2D eigenvalue weighted by molar-refractivity contribution is -0.0440. The number of hydrogen-bond donors (Lipinski definition) is 1. The summed E-state index contributed by atoms with van der Waals surface area (Å²) in [5, 5.41) is 3.22. The van der Waals surface area contributed by atoms with E-state index in [1.165, 1.54) is 22.9 Å². The number of benzene rings is 1. The van der Waals surface area contributed by atoms with Gasteiger partial charge in [-0.2, -0.15) is 4.31 Å². The minimum Gasteiger partial charge on any atom is -0.373 e. The van der Waals surface area contributed by atoms with Crippen molar-refractivity contribution in [3.63, 3.8) is 0 Å². The largest absolute Gasteiger partial charge is 0.373 e. The molecule has 8 heteroatoms. The predicted octanol–water partition coefficient (Wildman–Crippen LogP) is 3.69. The number of ether oxygens (including phenoxy) is 1. The van der Waals surface area contributed by atoms with Crippen LogP contribution in [0.2, 0.25) is 5.02 Å². The van der Waals surface area contributed by atoms with E-state index < -0.39 is 10.0 Å². The normalized spacial score (nSPS) is 31.4. The molecule has 0 spiro atoms. The van der Waals surface area contributed by atoms with Crippen molar-refractivity contribution < 1.29 is 17.9 Å². The Hall–Kier alpha value is -1.15. The first kappa shape index (κ1) is 22.5. The molecule has 1 aliphatic carbocycles. The molecule has 6 nitrogen and oxygen atoms in total. The summed E-state index contributed by atoms with van der Waals surface area (Å²) < 4.78 is 33.5. The van der Waals surface area contributed by atoms with E-state index in [1.54, 1.807) is 6.07 Å². The lowest BCUT2D eigenvalue weighted by Gasteiger charge is -2.35. The first-order valence-corrected chi connectivity index (χ1v) is 12.2. The van der Waals surface area contributed by atoms with E-state index in [1.807, 2.05) is 13.8 Å². The Bertz CT molecular complexity index is 850. The predicted molar refractivity (Wildman–Crippen MR) is 114 cm³/mol. The van der Waals surface area contributed by atoms with Crippen molar-refractivity contribution in [3.05, 3.63) is 28.8 Å². The van der Waals surface area contributed by atoms with Gasteiger partial charge in [0.2, 0.25) is 10.0 Å². The Kier molecular flexibility index (Phi) is 6.93. The summed E-state index contributed by atoms with van der Waals surface area (Å²) in [5.41, 5.74) is 0.313. The molecule has 0 bridgehead atoms. The summed E-state index contributed by atoms with van der Waals surface area (Å²) >= 11 is 6.24. The fourth-order valence-corrected chi connectivity index (χ4v) is 6.44. The molecule has 1 saturated carbocycles. The zero-order valence-electron chi connectivity index (χ0n) is 17.5. The van der Waals surface area contributed by atoms with Crippen molar-refractivity contribution in [1.29, 1.82) is 0 Å². The third kappa shape index (κ3) is 4.95. The number of amides is 1. The summed E-state index contributed by atoms with van der Waals surface area (Å²) in [7, 11) is -3.83. The van der Waals surface area contributed by atoms with Gasteiger partial charge in [-0.1, -0.05) is 38.3 Å². The summed E-state index contributed by atoms with van der Waals surface area (Å²) in [6.45, 7) is 8.58. The molecular formula is C21H31ClN2O4S. The van der Waals surface area contributed by atoms with Crippen LogP contribution in [-0.4, -0.2) is 50.0 Å². The Morgan fingerprint density at radius 3 is 2.45 bits per heavy atom. The summed E-state index contributed by atoms with van der Waals surface area (Å²) in [5.74, 6) is 0.688. The molecule has 5 unspecified atom stereocenters. The van der Waals surface area contributed by atoms with Gasteiger partial charge in [-0.05, 0) is 50.3 Å². The average Bonchev–Trinajstić information content (AvgIpc) is 2.64. The van der Waals surface area contributed by atoms with Crippen molar-refractivity contribution in [3.8, 4) is 0 Å². The van der Waals surface area contributed by atoms with Crippen LogP contribution in [0.1, 0.15) is 57.3 Å². The van der Waals surface area contributed by atoms with Crippen LogP contribution in [0.5, 0.6) is 0 Å². The number of nitrogens with zero attached hydrogens (tertiary/aromatic N) is 1. The van der Waals surface area contributed by atoms with Gasteiger partial charge in [-0.25, -0.2) is 8.42 Å². The number of halogens is 1. The number of sulfonamides is 1. The van der Waals surface area contributed by atoms with Crippen LogP contribution in [-0.2, 0) is 14.8 Å². The van der Waals surface area contributed by atoms with Crippen molar-refractivity contribution in [1.82, 2.24) is 9.62 Å². The van der Waals surface area contributed by atoms with E-state index in [9.17, 15) is 13.2 Å². The van der Waals surface area contributed by atoms with Crippen molar-refractivity contribution in [2.24, 2.45) is 11.8 Å². The second-order valence-corrected chi connectivity index (χ2v) is 10.9. The highest BCUT2D eigenvalue weighted by Gasteiger charge is 2.34. The molecule has 1 aromatic carbocycles. The standard InChI is InChI=1S/C21H31ClN2O4S/c1-13-6-5-7-19(16(13)4)23-21(25)17-8-9-18(22)20(10-17)29(26,27)24-11-14(2)28-15(3)12-24/h8-10,13-16,19H,5-7,11-12H2,1-4H3,(H,23,25). The van der Waals surface area contributed by atoms with Gasteiger partial charge in [-0.15, -0.1) is 0 Å². The molecule has 162 valence electrons. The van der Waals surface area contributed by atoms with Gasteiger partial charge < -0.3 is 10.1 Å². The van der Waals surface area contributed by atoms with Crippen LogP contribution in [0.25, 0.3) is 0 Å². The van der Waals surface area contributed by atoms with Gasteiger partial charge in [-0.3, -0.25) is 4.79 Å². The Labute approximate surface area is 179 Å². The Morgan fingerprint density at radius 1 is 1.14 bits per heavy atom. The third-order valence-electron chi connectivity index (χ3n) is 6.22. The van der Waals surface area contributed by atoms with Crippen molar-refractivity contribution in [2.45, 2.75) is 70.1 Å². The summed E-state index contributed by atoms with van der Waals surface area (Å²) in [6, 6.07) is 4.57.